The third-order valence-electron chi connectivity index (χ3n) is 2.44. The van der Waals surface area contributed by atoms with Crippen molar-refractivity contribution in [3.05, 3.63) is 40.6 Å². The van der Waals surface area contributed by atoms with Crippen LogP contribution in [-0.2, 0) is 0 Å². The molecule has 0 amide bonds. The highest BCUT2D eigenvalue weighted by atomic mass is 79.9. The minimum absolute atomic E-state index is 0.335. The van der Waals surface area contributed by atoms with Crippen LogP contribution in [0, 0.1) is 5.82 Å². The van der Waals surface area contributed by atoms with Crippen molar-refractivity contribution >= 4 is 32.3 Å². The number of anilines is 1. The Labute approximate surface area is 120 Å². The molecule has 3 aromatic rings. The van der Waals surface area contributed by atoms with Crippen LogP contribution in [0.2, 0.25) is 0 Å². The summed E-state index contributed by atoms with van der Waals surface area (Å²) in [5, 5.41) is 4.56. The Morgan fingerprint density at radius 2 is 2.11 bits per heavy atom. The van der Waals surface area contributed by atoms with Gasteiger partial charge in [-0.15, -0.1) is 11.3 Å². The molecule has 2 heterocycles. The number of halogens is 2. The number of hydrogen-bond acceptors (Lipinski definition) is 5. The first kappa shape index (κ1) is 12.3. The van der Waals surface area contributed by atoms with Gasteiger partial charge in [0.15, 0.2) is 0 Å². The van der Waals surface area contributed by atoms with E-state index in [1.54, 1.807) is 18.2 Å². The highest BCUT2D eigenvalue weighted by Gasteiger charge is 2.13. The Kier molecular flexibility index (Phi) is 3.08. The van der Waals surface area contributed by atoms with Gasteiger partial charge >= 0.3 is 0 Å². The van der Waals surface area contributed by atoms with Crippen molar-refractivity contribution < 1.29 is 8.91 Å². The number of nitrogens with zero attached hydrogens (tertiary/aromatic N) is 2. The zero-order chi connectivity index (χ0) is 13.4. The summed E-state index contributed by atoms with van der Waals surface area (Å²) in [5.74, 6) is 0.471. The van der Waals surface area contributed by atoms with E-state index in [-0.39, 0.29) is 5.82 Å². The van der Waals surface area contributed by atoms with E-state index in [9.17, 15) is 4.39 Å². The van der Waals surface area contributed by atoms with Gasteiger partial charge in [-0.25, -0.2) is 4.39 Å². The SMILES string of the molecule is Nc1ccc(-c2nc(-c3ccc(F)c(Br)c3)no2)s1. The topological polar surface area (TPSA) is 64.9 Å². The second kappa shape index (κ2) is 4.75. The third-order valence-corrected chi connectivity index (χ3v) is 3.95. The molecule has 0 radical (unpaired) electrons. The summed E-state index contributed by atoms with van der Waals surface area (Å²) in [5.41, 5.74) is 6.33. The number of hydrogen-bond donors (Lipinski definition) is 1. The molecule has 0 unspecified atom stereocenters. The van der Waals surface area contributed by atoms with Crippen LogP contribution in [0.1, 0.15) is 0 Å². The first-order valence-electron chi connectivity index (χ1n) is 5.28. The maximum atomic E-state index is 13.2. The fourth-order valence-corrected chi connectivity index (χ4v) is 2.62. The average molecular weight is 340 g/mol. The minimum atomic E-state index is -0.335. The van der Waals surface area contributed by atoms with Gasteiger partial charge in [0.2, 0.25) is 5.82 Å². The Morgan fingerprint density at radius 3 is 2.79 bits per heavy atom. The van der Waals surface area contributed by atoms with Crippen molar-refractivity contribution in [1.82, 2.24) is 10.1 Å². The molecule has 2 N–H and O–H groups in total. The van der Waals surface area contributed by atoms with Crippen LogP contribution in [0.3, 0.4) is 0 Å². The van der Waals surface area contributed by atoms with Gasteiger partial charge in [0, 0.05) is 5.56 Å². The van der Waals surface area contributed by atoms with E-state index in [2.05, 4.69) is 26.1 Å². The molecule has 2 aromatic heterocycles. The van der Waals surface area contributed by atoms with E-state index in [0.717, 1.165) is 4.88 Å². The van der Waals surface area contributed by atoms with E-state index < -0.39 is 0 Å². The van der Waals surface area contributed by atoms with Crippen LogP contribution in [-0.4, -0.2) is 10.1 Å². The molecule has 3 rings (SSSR count). The summed E-state index contributed by atoms with van der Waals surface area (Å²) in [6, 6.07) is 8.14. The highest BCUT2D eigenvalue weighted by molar-refractivity contribution is 9.10. The number of aromatic nitrogens is 2. The summed E-state index contributed by atoms with van der Waals surface area (Å²) in [6.07, 6.45) is 0. The molecule has 0 saturated heterocycles. The molecule has 0 saturated carbocycles. The maximum Gasteiger partial charge on any atom is 0.268 e. The van der Waals surface area contributed by atoms with E-state index in [4.69, 9.17) is 10.3 Å². The first-order chi connectivity index (χ1) is 9.13. The number of benzene rings is 1. The van der Waals surface area contributed by atoms with Gasteiger partial charge in [0.25, 0.3) is 5.89 Å². The molecule has 7 heteroatoms. The summed E-state index contributed by atoms with van der Waals surface area (Å²) < 4.78 is 18.7. The van der Waals surface area contributed by atoms with Gasteiger partial charge < -0.3 is 10.3 Å². The molecule has 0 atom stereocenters. The first-order valence-corrected chi connectivity index (χ1v) is 6.89. The molecular weight excluding hydrogens is 333 g/mol. The standard InChI is InChI=1S/C12H7BrFN3OS/c13-7-5-6(1-2-8(7)14)11-16-12(18-17-11)9-3-4-10(15)19-9/h1-5H,15H2. The Hall–Kier alpha value is -1.73. The van der Waals surface area contributed by atoms with Crippen molar-refractivity contribution in [2.75, 3.05) is 5.73 Å². The van der Waals surface area contributed by atoms with E-state index in [1.807, 2.05) is 6.07 Å². The summed E-state index contributed by atoms with van der Waals surface area (Å²) in [4.78, 5) is 5.07. The molecule has 0 bridgehead atoms. The maximum absolute atomic E-state index is 13.2. The van der Waals surface area contributed by atoms with Crippen LogP contribution < -0.4 is 5.73 Å². The van der Waals surface area contributed by atoms with Crippen LogP contribution >= 0.6 is 27.3 Å². The van der Waals surface area contributed by atoms with Gasteiger partial charge in [0.1, 0.15) is 5.82 Å². The van der Waals surface area contributed by atoms with Crippen molar-refractivity contribution in [2.45, 2.75) is 0 Å². The lowest BCUT2D eigenvalue weighted by atomic mass is 10.2. The number of nitrogen functional groups attached to an aromatic ring is 1. The molecule has 4 nitrogen and oxygen atoms in total. The summed E-state index contributed by atoms with van der Waals surface area (Å²) in [7, 11) is 0. The van der Waals surface area contributed by atoms with Crippen molar-refractivity contribution in [3.8, 4) is 22.2 Å². The van der Waals surface area contributed by atoms with Gasteiger partial charge in [-0.2, -0.15) is 4.98 Å². The lowest BCUT2D eigenvalue weighted by Gasteiger charge is -1.96. The number of rotatable bonds is 2. The second-order valence-corrected chi connectivity index (χ2v) is 5.72. The Bertz CT molecular complexity index is 740. The molecule has 96 valence electrons. The second-order valence-electron chi connectivity index (χ2n) is 3.75. The normalized spacial score (nSPS) is 10.8. The monoisotopic (exact) mass is 339 g/mol. The predicted octanol–water partition coefficient (Wildman–Crippen LogP) is 3.95. The average Bonchev–Trinajstić information content (AvgIpc) is 3.01. The molecule has 0 fully saturated rings. The lowest BCUT2D eigenvalue weighted by Crippen LogP contribution is -1.83. The van der Waals surface area contributed by atoms with Gasteiger partial charge in [-0.1, -0.05) is 5.16 Å². The van der Waals surface area contributed by atoms with Crippen molar-refractivity contribution in [2.24, 2.45) is 0 Å². The smallest absolute Gasteiger partial charge is 0.268 e. The van der Waals surface area contributed by atoms with E-state index >= 15 is 0 Å². The summed E-state index contributed by atoms with van der Waals surface area (Å²) in [6.45, 7) is 0. The quantitative estimate of drug-likeness (QED) is 0.767. The van der Waals surface area contributed by atoms with Crippen molar-refractivity contribution in [3.63, 3.8) is 0 Å². The lowest BCUT2D eigenvalue weighted by molar-refractivity contribution is 0.433. The van der Waals surface area contributed by atoms with Gasteiger partial charge in [-0.3, -0.25) is 0 Å². The highest BCUT2D eigenvalue weighted by Crippen LogP contribution is 2.30. The van der Waals surface area contributed by atoms with Crippen LogP contribution in [0.4, 0.5) is 9.39 Å². The molecule has 0 spiro atoms. The minimum Gasteiger partial charge on any atom is -0.391 e. The predicted molar refractivity (Wildman–Crippen MR) is 75.1 cm³/mol. The van der Waals surface area contributed by atoms with Crippen LogP contribution in [0.5, 0.6) is 0 Å². The fourth-order valence-electron chi connectivity index (χ4n) is 1.54. The van der Waals surface area contributed by atoms with Crippen LogP contribution in [0.25, 0.3) is 22.2 Å². The van der Waals surface area contributed by atoms with Crippen LogP contribution in [0.15, 0.2) is 39.3 Å². The Balaban J connectivity index is 1.98. The number of nitrogens with two attached hydrogens (primary N) is 1. The molecule has 0 aliphatic carbocycles. The van der Waals surface area contributed by atoms with Crippen molar-refractivity contribution in [1.29, 1.82) is 0 Å². The largest absolute Gasteiger partial charge is 0.391 e. The van der Waals surface area contributed by atoms with E-state index in [0.29, 0.717) is 26.8 Å². The number of thiophene rings is 1. The Morgan fingerprint density at radius 1 is 1.26 bits per heavy atom. The molecular formula is C12H7BrFN3OS. The van der Waals surface area contributed by atoms with Gasteiger partial charge in [-0.05, 0) is 46.3 Å². The third kappa shape index (κ3) is 2.39. The molecule has 0 aliphatic heterocycles. The zero-order valence-electron chi connectivity index (χ0n) is 9.43. The van der Waals surface area contributed by atoms with E-state index in [1.165, 1.54) is 17.4 Å². The zero-order valence-corrected chi connectivity index (χ0v) is 11.8. The molecule has 19 heavy (non-hydrogen) atoms. The summed E-state index contributed by atoms with van der Waals surface area (Å²) >= 11 is 4.49. The molecule has 1 aromatic carbocycles. The molecule has 0 aliphatic rings. The van der Waals surface area contributed by atoms with Gasteiger partial charge in [0.05, 0.1) is 14.4 Å². The fraction of sp³-hybridized carbons (Fsp3) is 0.